The SMILES string of the molecule is CS(=O)(=O)c1ccc(NCCNC(=O)Cn2cc([N+](=O)[O-])ccc2=O)c([N+](=O)[O-])c1. The van der Waals surface area contributed by atoms with Gasteiger partial charge in [0.25, 0.3) is 16.9 Å². The highest BCUT2D eigenvalue weighted by atomic mass is 32.2. The average molecular weight is 439 g/mol. The first-order valence-corrected chi connectivity index (χ1v) is 10.2. The second kappa shape index (κ2) is 9.13. The second-order valence-electron chi connectivity index (χ2n) is 6.10. The van der Waals surface area contributed by atoms with Crippen LogP contribution in [0.2, 0.25) is 0 Å². The van der Waals surface area contributed by atoms with Crippen molar-refractivity contribution in [3.63, 3.8) is 0 Å². The highest BCUT2D eigenvalue weighted by Crippen LogP contribution is 2.27. The molecule has 160 valence electrons. The van der Waals surface area contributed by atoms with Crippen LogP contribution < -0.4 is 16.2 Å². The van der Waals surface area contributed by atoms with E-state index in [-0.39, 0.29) is 29.4 Å². The zero-order valence-electron chi connectivity index (χ0n) is 15.6. The molecule has 30 heavy (non-hydrogen) atoms. The smallest absolute Gasteiger partial charge is 0.293 e. The largest absolute Gasteiger partial charge is 0.378 e. The summed E-state index contributed by atoms with van der Waals surface area (Å²) in [6.45, 7) is -0.355. The molecule has 0 aliphatic carbocycles. The normalized spacial score (nSPS) is 11.0. The number of amides is 1. The predicted molar refractivity (Wildman–Crippen MR) is 105 cm³/mol. The molecule has 0 unspecified atom stereocenters. The van der Waals surface area contributed by atoms with Gasteiger partial charge in [-0.1, -0.05) is 0 Å². The van der Waals surface area contributed by atoms with E-state index in [0.29, 0.717) is 0 Å². The summed E-state index contributed by atoms with van der Waals surface area (Å²) in [6, 6.07) is 5.41. The third kappa shape index (κ3) is 5.84. The standard InChI is InChI=1S/C16H17N5O8S/c1-30(28,29)12-3-4-13(14(8-12)21(26)27)17-6-7-18-15(22)10-19-9-11(20(24)25)2-5-16(19)23/h2-5,8-9,17H,6-7,10H2,1H3,(H,18,22). The van der Waals surface area contributed by atoms with E-state index in [1.165, 1.54) is 12.1 Å². The van der Waals surface area contributed by atoms with Gasteiger partial charge in [-0.15, -0.1) is 0 Å². The van der Waals surface area contributed by atoms with Crippen molar-refractivity contribution < 1.29 is 23.1 Å². The van der Waals surface area contributed by atoms with E-state index in [1.54, 1.807) is 0 Å². The summed E-state index contributed by atoms with van der Waals surface area (Å²) in [5, 5.41) is 27.1. The van der Waals surface area contributed by atoms with Crippen LogP contribution in [-0.4, -0.2) is 48.1 Å². The number of carbonyl (C=O) groups excluding carboxylic acids is 1. The molecule has 2 N–H and O–H groups in total. The molecule has 0 fully saturated rings. The van der Waals surface area contributed by atoms with Crippen molar-refractivity contribution in [2.75, 3.05) is 24.7 Å². The van der Waals surface area contributed by atoms with Gasteiger partial charge in [0.1, 0.15) is 12.2 Å². The molecule has 0 saturated heterocycles. The molecule has 13 nitrogen and oxygen atoms in total. The molecule has 0 atom stereocenters. The predicted octanol–water partition coefficient (Wildman–Crippen LogP) is 0.297. The fourth-order valence-corrected chi connectivity index (χ4v) is 3.04. The number of benzene rings is 1. The maximum Gasteiger partial charge on any atom is 0.293 e. The Bertz CT molecular complexity index is 1160. The van der Waals surface area contributed by atoms with Gasteiger partial charge < -0.3 is 10.6 Å². The number of hydrogen-bond acceptors (Lipinski definition) is 9. The van der Waals surface area contributed by atoms with Gasteiger partial charge in [0.2, 0.25) is 5.91 Å². The van der Waals surface area contributed by atoms with Crippen molar-refractivity contribution in [1.29, 1.82) is 0 Å². The minimum atomic E-state index is -3.61. The number of nitrogens with zero attached hydrogens (tertiary/aromatic N) is 3. The summed E-state index contributed by atoms with van der Waals surface area (Å²) in [5.41, 5.74) is -1.30. The maximum atomic E-state index is 11.9. The second-order valence-corrected chi connectivity index (χ2v) is 8.11. The zero-order chi connectivity index (χ0) is 22.5. The molecular weight excluding hydrogens is 422 g/mol. The van der Waals surface area contributed by atoms with E-state index in [1.807, 2.05) is 0 Å². The van der Waals surface area contributed by atoms with Crippen molar-refractivity contribution in [1.82, 2.24) is 9.88 Å². The Kier molecular flexibility index (Phi) is 6.84. The average Bonchev–Trinajstić information content (AvgIpc) is 2.65. The highest BCUT2D eigenvalue weighted by Gasteiger charge is 2.18. The highest BCUT2D eigenvalue weighted by molar-refractivity contribution is 7.90. The van der Waals surface area contributed by atoms with Crippen LogP contribution in [0.1, 0.15) is 0 Å². The first-order chi connectivity index (χ1) is 14.0. The van der Waals surface area contributed by atoms with Gasteiger partial charge in [0.15, 0.2) is 9.84 Å². The molecule has 1 aromatic heterocycles. The number of anilines is 1. The van der Waals surface area contributed by atoms with Crippen molar-refractivity contribution in [3.8, 4) is 0 Å². The van der Waals surface area contributed by atoms with Crippen LogP contribution in [0.15, 0.2) is 46.2 Å². The topological polar surface area (TPSA) is 184 Å². The first-order valence-electron chi connectivity index (χ1n) is 8.33. The molecule has 1 amide bonds. The van der Waals surface area contributed by atoms with Gasteiger partial charge in [0, 0.05) is 37.5 Å². The number of pyridine rings is 1. The van der Waals surface area contributed by atoms with Gasteiger partial charge in [-0.3, -0.25) is 34.4 Å². The number of rotatable bonds is 9. The summed E-state index contributed by atoms with van der Waals surface area (Å²) in [7, 11) is -3.61. The molecule has 0 bridgehead atoms. The number of nitro groups is 2. The van der Waals surface area contributed by atoms with E-state index < -0.39 is 43.4 Å². The lowest BCUT2D eigenvalue weighted by atomic mass is 10.2. The lowest BCUT2D eigenvalue weighted by molar-refractivity contribution is -0.385. The van der Waals surface area contributed by atoms with Crippen LogP contribution in [0, 0.1) is 20.2 Å². The molecule has 0 aliphatic heterocycles. The fourth-order valence-electron chi connectivity index (χ4n) is 2.40. The van der Waals surface area contributed by atoms with Gasteiger partial charge in [-0.05, 0) is 12.1 Å². The van der Waals surface area contributed by atoms with Gasteiger partial charge in [-0.25, -0.2) is 8.42 Å². The Morgan fingerprint density at radius 3 is 2.40 bits per heavy atom. The minimum Gasteiger partial charge on any atom is -0.378 e. The molecular formula is C16H17N5O8S. The summed E-state index contributed by atoms with van der Waals surface area (Å²) < 4.78 is 24.0. The zero-order valence-corrected chi connectivity index (χ0v) is 16.4. The van der Waals surface area contributed by atoms with E-state index in [9.17, 15) is 38.2 Å². The lowest BCUT2D eigenvalue weighted by Crippen LogP contribution is -2.34. The minimum absolute atomic E-state index is 0.0213. The summed E-state index contributed by atoms with van der Waals surface area (Å²) in [4.78, 5) is 43.9. The van der Waals surface area contributed by atoms with Gasteiger partial charge in [0.05, 0.1) is 20.9 Å². The van der Waals surface area contributed by atoms with Crippen molar-refractivity contribution in [2.45, 2.75) is 11.4 Å². The molecule has 1 heterocycles. The number of hydrogen-bond donors (Lipinski definition) is 2. The molecule has 0 aliphatic rings. The number of carbonyl (C=O) groups is 1. The number of sulfone groups is 1. The fraction of sp³-hybridized carbons (Fsp3) is 0.250. The number of aromatic nitrogens is 1. The van der Waals surface area contributed by atoms with Crippen LogP contribution >= 0.6 is 0 Å². The lowest BCUT2D eigenvalue weighted by Gasteiger charge is -2.10. The Morgan fingerprint density at radius 1 is 1.10 bits per heavy atom. The molecule has 2 rings (SSSR count). The summed E-state index contributed by atoms with van der Waals surface area (Å²) >= 11 is 0. The molecule has 2 aromatic rings. The third-order valence-corrected chi connectivity index (χ3v) is 4.96. The van der Waals surface area contributed by atoms with Crippen molar-refractivity contribution in [3.05, 3.63) is 67.1 Å². The Labute approximate surface area is 169 Å². The maximum absolute atomic E-state index is 11.9. The van der Waals surface area contributed by atoms with Crippen LogP contribution in [0.3, 0.4) is 0 Å². The molecule has 0 radical (unpaired) electrons. The van der Waals surface area contributed by atoms with E-state index in [4.69, 9.17) is 0 Å². The van der Waals surface area contributed by atoms with E-state index in [0.717, 1.165) is 35.2 Å². The summed E-state index contributed by atoms with van der Waals surface area (Å²) in [5.74, 6) is -0.596. The van der Waals surface area contributed by atoms with Crippen LogP contribution in [-0.2, 0) is 21.2 Å². The molecule has 0 saturated carbocycles. The van der Waals surface area contributed by atoms with Crippen molar-refractivity contribution >= 4 is 32.8 Å². The Morgan fingerprint density at radius 2 is 1.80 bits per heavy atom. The monoisotopic (exact) mass is 439 g/mol. The van der Waals surface area contributed by atoms with Crippen LogP contribution in [0.4, 0.5) is 17.1 Å². The number of nitrogens with one attached hydrogen (secondary N) is 2. The molecule has 1 aromatic carbocycles. The van der Waals surface area contributed by atoms with Crippen LogP contribution in [0.5, 0.6) is 0 Å². The van der Waals surface area contributed by atoms with E-state index in [2.05, 4.69) is 10.6 Å². The molecule has 14 heteroatoms. The van der Waals surface area contributed by atoms with E-state index >= 15 is 0 Å². The van der Waals surface area contributed by atoms with Gasteiger partial charge in [-0.2, -0.15) is 0 Å². The van der Waals surface area contributed by atoms with Crippen molar-refractivity contribution in [2.24, 2.45) is 0 Å². The quantitative estimate of drug-likeness (QED) is 0.315. The Balaban J connectivity index is 1.96. The summed E-state index contributed by atoms with van der Waals surface area (Å²) in [6.07, 6.45) is 1.88. The van der Waals surface area contributed by atoms with Crippen LogP contribution in [0.25, 0.3) is 0 Å². The van der Waals surface area contributed by atoms with Gasteiger partial charge >= 0.3 is 0 Å². The molecule has 0 spiro atoms. The third-order valence-electron chi connectivity index (χ3n) is 3.85. The number of nitro benzene ring substituents is 1. The first kappa shape index (κ1) is 22.5. The Hall–Kier alpha value is -3.81.